The third-order valence-corrected chi connectivity index (χ3v) is 5.22. The van der Waals surface area contributed by atoms with Crippen LogP contribution < -0.4 is 10.6 Å². The summed E-state index contributed by atoms with van der Waals surface area (Å²) in [5.74, 6) is -0.774. The van der Waals surface area contributed by atoms with Gasteiger partial charge in [0.1, 0.15) is 6.54 Å². The number of nitrogens with zero attached hydrogens (tertiary/aromatic N) is 1. The molecule has 1 saturated carbocycles. The Morgan fingerprint density at radius 2 is 1.56 bits per heavy atom. The number of hydrogen-bond donors (Lipinski definition) is 2. The molecular weight excluding hydrogens is 322 g/mol. The number of rotatable bonds is 5. The quantitative estimate of drug-likeness (QED) is 0.719. The zero-order valence-electron chi connectivity index (χ0n) is 14.4. The van der Waals surface area contributed by atoms with Crippen LogP contribution in [-0.4, -0.2) is 47.2 Å². The van der Waals surface area contributed by atoms with E-state index in [0.29, 0.717) is 0 Å². The first-order valence-corrected chi connectivity index (χ1v) is 9.15. The van der Waals surface area contributed by atoms with Crippen molar-refractivity contribution in [2.45, 2.75) is 69.9 Å². The van der Waals surface area contributed by atoms with Crippen LogP contribution in [-0.2, 0) is 19.2 Å². The number of carbonyl (C=O) groups is 4. The summed E-state index contributed by atoms with van der Waals surface area (Å²) >= 11 is 0. The Bertz CT molecular complexity index is 589. The molecule has 7 heteroatoms. The molecular formula is C18H25N3O4. The van der Waals surface area contributed by atoms with Crippen LogP contribution in [0.15, 0.2) is 11.6 Å². The van der Waals surface area contributed by atoms with Crippen LogP contribution in [0.5, 0.6) is 0 Å². The number of imide groups is 1. The maximum atomic E-state index is 12.1. The molecule has 0 atom stereocenters. The predicted octanol–water partition coefficient (Wildman–Crippen LogP) is 0.789. The molecule has 2 aliphatic carbocycles. The first-order valence-electron chi connectivity index (χ1n) is 9.15. The highest BCUT2D eigenvalue weighted by molar-refractivity contribution is 6.04. The fourth-order valence-electron chi connectivity index (χ4n) is 3.75. The largest absolute Gasteiger partial charge is 0.352 e. The molecule has 3 rings (SSSR count). The van der Waals surface area contributed by atoms with Crippen molar-refractivity contribution in [2.75, 3.05) is 6.54 Å². The number of allylic oxidation sites excluding steroid dienone is 1. The van der Waals surface area contributed by atoms with Crippen LogP contribution in [0.1, 0.15) is 57.8 Å². The maximum Gasteiger partial charge on any atom is 0.247 e. The van der Waals surface area contributed by atoms with Gasteiger partial charge in [0, 0.05) is 30.5 Å². The van der Waals surface area contributed by atoms with Crippen molar-refractivity contribution >= 4 is 23.6 Å². The van der Waals surface area contributed by atoms with E-state index in [1.807, 2.05) is 6.08 Å². The van der Waals surface area contributed by atoms with E-state index in [1.54, 1.807) is 0 Å². The summed E-state index contributed by atoms with van der Waals surface area (Å²) in [6.45, 7) is -0.178. The van der Waals surface area contributed by atoms with Gasteiger partial charge in [-0.2, -0.15) is 0 Å². The van der Waals surface area contributed by atoms with Crippen molar-refractivity contribution in [1.82, 2.24) is 15.5 Å². The molecule has 1 heterocycles. The van der Waals surface area contributed by atoms with Gasteiger partial charge in [0.05, 0.1) is 0 Å². The molecule has 0 unspecified atom stereocenters. The first-order chi connectivity index (χ1) is 12.0. The molecule has 4 amide bonds. The average molecular weight is 347 g/mol. The van der Waals surface area contributed by atoms with Gasteiger partial charge < -0.3 is 10.6 Å². The average Bonchev–Trinajstić information content (AvgIpc) is 3.23. The van der Waals surface area contributed by atoms with E-state index in [0.717, 1.165) is 55.4 Å². The van der Waals surface area contributed by atoms with Gasteiger partial charge in [0.25, 0.3) is 0 Å². The van der Waals surface area contributed by atoms with Gasteiger partial charge >= 0.3 is 0 Å². The van der Waals surface area contributed by atoms with Crippen LogP contribution in [0.3, 0.4) is 0 Å². The highest BCUT2D eigenvalue weighted by Gasteiger charge is 2.31. The zero-order chi connectivity index (χ0) is 17.8. The molecule has 1 aliphatic heterocycles. The predicted molar refractivity (Wildman–Crippen MR) is 90.2 cm³/mol. The Morgan fingerprint density at radius 3 is 2.12 bits per heavy atom. The number of carbonyl (C=O) groups excluding carboxylic acids is 4. The minimum Gasteiger partial charge on any atom is -0.352 e. The summed E-state index contributed by atoms with van der Waals surface area (Å²) in [6.07, 6.45) is 8.56. The molecule has 1 saturated heterocycles. The molecule has 3 aliphatic rings. The third kappa shape index (κ3) is 4.46. The van der Waals surface area contributed by atoms with Crippen molar-refractivity contribution < 1.29 is 19.2 Å². The fraction of sp³-hybridized carbons (Fsp3) is 0.667. The van der Waals surface area contributed by atoms with E-state index in [4.69, 9.17) is 0 Å². The van der Waals surface area contributed by atoms with Gasteiger partial charge in [0.2, 0.25) is 23.6 Å². The second-order valence-corrected chi connectivity index (χ2v) is 7.08. The Hall–Kier alpha value is -2.18. The monoisotopic (exact) mass is 347 g/mol. The van der Waals surface area contributed by atoms with Crippen LogP contribution >= 0.6 is 0 Å². The molecule has 7 nitrogen and oxygen atoms in total. The van der Waals surface area contributed by atoms with E-state index in [9.17, 15) is 19.2 Å². The third-order valence-electron chi connectivity index (χ3n) is 5.22. The van der Waals surface area contributed by atoms with Crippen LogP contribution in [0.4, 0.5) is 0 Å². The summed E-state index contributed by atoms with van der Waals surface area (Å²) < 4.78 is 0. The molecule has 0 aromatic heterocycles. The topological polar surface area (TPSA) is 95.6 Å². The van der Waals surface area contributed by atoms with Gasteiger partial charge in [-0.3, -0.25) is 24.1 Å². The summed E-state index contributed by atoms with van der Waals surface area (Å²) in [5.41, 5.74) is 0.898. The Kier molecular flexibility index (Phi) is 5.50. The molecule has 0 aromatic carbocycles. The van der Waals surface area contributed by atoms with E-state index in [-0.39, 0.29) is 55.1 Å². The highest BCUT2D eigenvalue weighted by atomic mass is 16.2. The summed E-state index contributed by atoms with van der Waals surface area (Å²) in [6, 6.07) is 0.197. The van der Waals surface area contributed by atoms with Crippen LogP contribution in [0.2, 0.25) is 0 Å². The molecule has 0 spiro atoms. The lowest BCUT2D eigenvalue weighted by atomic mass is 9.91. The summed E-state index contributed by atoms with van der Waals surface area (Å²) in [4.78, 5) is 48.3. The summed E-state index contributed by atoms with van der Waals surface area (Å²) in [5, 5.41) is 5.99. The summed E-state index contributed by atoms with van der Waals surface area (Å²) in [7, 11) is 0. The number of hydrogen-bond acceptors (Lipinski definition) is 4. The minimum absolute atomic E-state index is 0.0409. The molecule has 0 aromatic rings. The fourth-order valence-corrected chi connectivity index (χ4v) is 3.75. The number of amides is 4. The van der Waals surface area contributed by atoms with E-state index in [1.165, 1.54) is 0 Å². The first kappa shape index (κ1) is 17.6. The lowest BCUT2D eigenvalue weighted by Gasteiger charge is -2.30. The van der Waals surface area contributed by atoms with Crippen molar-refractivity contribution in [2.24, 2.45) is 0 Å². The molecule has 0 bridgehead atoms. The lowest BCUT2D eigenvalue weighted by molar-refractivity contribution is -0.142. The van der Waals surface area contributed by atoms with Crippen molar-refractivity contribution in [3.05, 3.63) is 11.6 Å². The van der Waals surface area contributed by atoms with Gasteiger partial charge in [-0.25, -0.2) is 0 Å². The normalized spacial score (nSPS) is 26.6. The standard InChI is InChI=1S/C18H25N3O4/c22-15(11-21-16(23)9-10-17(21)24)19-13-5-7-14(8-6-13)20-18(25)12-3-1-2-4-12/h3,13-14H,1-2,4-11H2,(H,19,22)(H,20,25). The van der Waals surface area contributed by atoms with Gasteiger partial charge in [-0.1, -0.05) is 6.08 Å². The Balaban J connectivity index is 1.38. The maximum absolute atomic E-state index is 12.1. The Labute approximate surface area is 147 Å². The second-order valence-electron chi connectivity index (χ2n) is 7.08. The second kappa shape index (κ2) is 7.80. The Morgan fingerprint density at radius 1 is 0.960 bits per heavy atom. The van der Waals surface area contributed by atoms with Gasteiger partial charge in [-0.05, 0) is 44.9 Å². The molecule has 2 N–H and O–H groups in total. The van der Waals surface area contributed by atoms with Crippen molar-refractivity contribution in [3.63, 3.8) is 0 Å². The van der Waals surface area contributed by atoms with E-state index >= 15 is 0 Å². The zero-order valence-corrected chi connectivity index (χ0v) is 14.4. The van der Waals surface area contributed by atoms with Gasteiger partial charge in [0.15, 0.2) is 0 Å². The minimum atomic E-state index is -0.285. The van der Waals surface area contributed by atoms with Crippen LogP contribution in [0.25, 0.3) is 0 Å². The van der Waals surface area contributed by atoms with Crippen molar-refractivity contribution in [3.8, 4) is 0 Å². The smallest absolute Gasteiger partial charge is 0.247 e. The number of nitrogens with one attached hydrogen (secondary N) is 2. The van der Waals surface area contributed by atoms with Crippen molar-refractivity contribution in [1.29, 1.82) is 0 Å². The van der Waals surface area contributed by atoms with E-state index in [2.05, 4.69) is 10.6 Å². The van der Waals surface area contributed by atoms with Crippen LogP contribution in [0, 0.1) is 0 Å². The van der Waals surface area contributed by atoms with Gasteiger partial charge in [-0.15, -0.1) is 0 Å². The lowest BCUT2D eigenvalue weighted by Crippen LogP contribution is -2.47. The highest BCUT2D eigenvalue weighted by Crippen LogP contribution is 2.22. The number of likely N-dealkylation sites (tertiary alicyclic amines) is 1. The molecule has 136 valence electrons. The molecule has 2 fully saturated rings. The molecule has 0 radical (unpaired) electrons. The molecule has 25 heavy (non-hydrogen) atoms. The van der Waals surface area contributed by atoms with E-state index < -0.39 is 0 Å². The SMILES string of the molecule is O=C(CN1C(=O)CCC1=O)NC1CCC(NC(=O)C2=CCCC2)CC1.